The van der Waals surface area contributed by atoms with Crippen LogP contribution in [-0.4, -0.2) is 13.7 Å². The lowest BCUT2D eigenvalue weighted by atomic mass is 10.1. The molecule has 0 bridgehead atoms. The number of hydrogen-bond donors (Lipinski definition) is 1. The van der Waals surface area contributed by atoms with Crippen molar-refractivity contribution in [1.82, 2.24) is 5.32 Å². The Hall–Kier alpha value is -2.00. The van der Waals surface area contributed by atoms with E-state index in [4.69, 9.17) is 9.47 Å². The number of unbranched alkanes of at least 4 members (excludes halogenated alkanes) is 3. The number of ether oxygens (including phenoxy) is 2. The molecule has 0 aliphatic heterocycles. The van der Waals surface area contributed by atoms with Crippen LogP contribution in [0, 0.1) is 6.92 Å². The smallest absolute Gasteiger partial charge is 0.166 e. The molecule has 1 N–H and O–H groups in total. The summed E-state index contributed by atoms with van der Waals surface area (Å²) in [5.74, 6) is 1.63. The van der Waals surface area contributed by atoms with Gasteiger partial charge in [0, 0.05) is 12.1 Å². The largest absolute Gasteiger partial charge is 0.493 e. The van der Waals surface area contributed by atoms with Crippen molar-refractivity contribution in [2.24, 2.45) is 0 Å². The SMILES string of the molecule is CCCCCCNCc1cccc(OC)c1OCc1ccc(C)cc1. The molecule has 0 amide bonds. The van der Waals surface area contributed by atoms with E-state index >= 15 is 0 Å². The van der Waals surface area contributed by atoms with Crippen LogP contribution < -0.4 is 14.8 Å². The van der Waals surface area contributed by atoms with Crippen LogP contribution in [0.5, 0.6) is 11.5 Å². The third-order valence-electron chi connectivity index (χ3n) is 4.31. The highest BCUT2D eigenvalue weighted by atomic mass is 16.5. The average molecular weight is 341 g/mol. The quantitative estimate of drug-likeness (QED) is 0.566. The molecular weight excluding hydrogens is 310 g/mol. The van der Waals surface area contributed by atoms with Gasteiger partial charge in [-0.2, -0.15) is 0 Å². The molecule has 0 aliphatic carbocycles. The number of methoxy groups -OCH3 is 1. The predicted octanol–water partition coefficient (Wildman–Crippen LogP) is 5.25. The maximum absolute atomic E-state index is 6.12. The lowest BCUT2D eigenvalue weighted by Crippen LogP contribution is -2.15. The molecule has 0 spiro atoms. The Morgan fingerprint density at radius 1 is 0.960 bits per heavy atom. The van der Waals surface area contributed by atoms with Gasteiger partial charge in [-0.05, 0) is 31.5 Å². The summed E-state index contributed by atoms with van der Waals surface area (Å²) in [4.78, 5) is 0. The molecule has 0 aromatic heterocycles. The number of nitrogens with one attached hydrogen (secondary N) is 1. The van der Waals surface area contributed by atoms with E-state index in [-0.39, 0.29) is 0 Å². The number of para-hydroxylation sites is 1. The van der Waals surface area contributed by atoms with E-state index in [1.807, 2.05) is 12.1 Å². The summed E-state index contributed by atoms with van der Waals surface area (Å²) in [7, 11) is 1.69. The lowest BCUT2D eigenvalue weighted by molar-refractivity contribution is 0.280. The van der Waals surface area contributed by atoms with Gasteiger partial charge in [-0.25, -0.2) is 0 Å². The van der Waals surface area contributed by atoms with Gasteiger partial charge < -0.3 is 14.8 Å². The van der Waals surface area contributed by atoms with E-state index in [0.29, 0.717) is 6.61 Å². The van der Waals surface area contributed by atoms with Gasteiger partial charge in [0.15, 0.2) is 11.5 Å². The molecule has 0 atom stereocenters. The topological polar surface area (TPSA) is 30.5 Å². The number of hydrogen-bond acceptors (Lipinski definition) is 3. The summed E-state index contributed by atoms with van der Waals surface area (Å²) in [5.41, 5.74) is 3.56. The Morgan fingerprint density at radius 2 is 1.76 bits per heavy atom. The summed E-state index contributed by atoms with van der Waals surface area (Å²) >= 11 is 0. The highest BCUT2D eigenvalue weighted by Crippen LogP contribution is 2.31. The highest BCUT2D eigenvalue weighted by Gasteiger charge is 2.10. The molecule has 0 aliphatic rings. The van der Waals surface area contributed by atoms with E-state index in [9.17, 15) is 0 Å². The van der Waals surface area contributed by atoms with E-state index in [1.165, 1.54) is 31.2 Å². The maximum Gasteiger partial charge on any atom is 0.166 e. The first kappa shape index (κ1) is 19.3. The molecule has 136 valence electrons. The molecule has 2 rings (SSSR count). The van der Waals surface area contributed by atoms with Crippen LogP contribution in [-0.2, 0) is 13.2 Å². The van der Waals surface area contributed by atoms with E-state index < -0.39 is 0 Å². The standard InChI is InChI=1S/C22H31NO2/c1-4-5-6-7-15-23-16-20-9-8-10-21(24-3)22(20)25-17-19-13-11-18(2)12-14-19/h8-14,23H,4-7,15-17H2,1-3H3. The van der Waals surface area contributed by atoms with Gasteiger partial charge in [0.05, 0.1) is 7.11 Å². The second kappa shape index (κ2) is 10.8. The zero-order valence-electron chi connectivity index (χ0n) is 15.8. The van der Waals surface area contributed by atoms with Crippen LogP contribution in [0.2, 0.25) is 0 Å². The van der Waals surface area contributed by atoms with Gasteiger partial charge in [0.25, 0.3) is 0 Å². The molecule has 0 radical (unpaired) electrons. The summed E-state index contributed by atoms with van der Waals surface area (Å²) in [6.07, 6.45) is 5.09. The van der Waals surface area contributed by atoms with Crippen molar-refractivity contribution >= 4 is 0 Å². The van der Waals surface area contributed by atoms with Crippen LogP contribution >= 0.6 is 0 Å². The summed E-state index contributed by atoms with van der Waals surface area (Å²) in [6.45, 7) is 6.71. The maximum atomic E-state index is 6.12. The van der Waals surface area contributed by atoms with Gasteiger partial charge in [-0.15, -0.1) is 0 Å². The monoisotopic (exact) mass is 341 g/mol. The fourth-order valence-corrected chi connectivity index (χ4v) is 2.76. The van der Waals surface area contributed by atoms with E-state index in [0.717, 1.165) is 35.7 Å². The van der Waals surface area contributed by atoms with Crippen molar-refractivity contribution in [3.63, 3.8) is 0 Å². The minimum atomic E-state index is 0.546. The van der Waals surface area contributed by atoms with E-state index in [2.05, 4.69) is 49.5 Å². The third kappa shape index (κ3) is 6.43. The Kier molecular flexibility index (Phi) is 8.33. The van der Waals surface area contributed by atoms with Crippen LogP contribution in [0.15, 0.2) is 42.5 Å². The Bertz CT molecular complexity index is 622. The predicted molar refractivity (Wildman–Crippen MR) is 104 cm³/mol. The zero-order chi connectivity index (χ0) is 17.9. The first-order chi connectivity index (χ1) is 12.2. The van der Waals surface area contributed by atoms with Crippen molar-refractivity contribution in [2.45, 2.75) is 52.7 Å². The van der Waals surface area contributed by atoms with Crippen LogP contribution in [0.4, 0.5) is 0 Å². The van der Waals surface area contributed by atoms with Crippen LogP contribution in [0.3, 0.4) is 0 Å². The zero-order valence-corrected chi connectivity index (χ0v) is 15.8. The van der Waals surface area contributed by atoms with Gasteiger partial charge in [-0.3, -0.25) is 0 Å². The first-order valence-corrected chi connectivity index (χ1v) is 9.29. The normalized spacial score (nSPS) is 10.7. The second-order valence-electron chi connectivity index (χ2n) is 6.46. The number of benzene rings is 2. The lowest BCUT2D eigenvalue weighted by Gasteiger charge is -2.16. The third-order valence-corrected chi connectivity index (χ3v) is 4.31. The van der Waals surface area contributed by atoms with Crippen molar-refractivity contribution in [1.29, 1.82) is 0 Å². The summed E-state index contributed by atoms with van der Waals surface area (Å²) < 4.78 is 11.6. The van der Waals surface area contributed by atoms with Gasteiger partial charge in [0.2, 0.25) is 0 Å². The average Bonchev–Trinajstić information content (AvgIpc) is 2.64. The van der Waals surface area contributed by atoms with Gasteiger partial charge >= 0.3 is 0 Å². The molecule has 3 nitrogen and oxygen atoms in total. The van der Waals surface area contributed by atoms with E-state index in [1.54, 1.807) is 7.11 Å². The Morgan fingerprint density at radius 3 is 2.48 bits per heavy atom. The molecule has 25 heavy (non-hydrogen) atoms. The minimum absolute atomic E-state index is 0.546. The molecule has 0 saturated heterocycles. The molecule has 0 heterocycles. The fraction of sp³-hybridized carbons (Fsp3) is 0.455. The van der Waals surface area contributed by atoms with Crippen LogP contribution in [0.25, 0.3) is 0 Å². The molecule has 0 saturated carbocycles. The second-order valence-corrected chi connectivity index (χ2v) is 6.46. The Balaban J connectivity index is 1.96. The van der Waals surface area contributed by atoms with Crippen LogP contribution in [0.1, 0.15) is 49.3 Å². The molecule has 3 heteroatoms. The molecule has 2 aromatic rings. The van der Waals surface area contributed by atoms with Crippen molar-refractivity contribution in [3.8, 4) is 11.5 Å². The fourth-order valence-electron chi connectivity index (χ4n) is 2.76. The van der Waals surface area contributed by atoms with Crippen molar-refractivity contribution in [2.75, 3.05) is 13.7 Å². The minimum Gasteiger partial charge on any atom is -0.493 e. The summed E-state index contributed by atoms with van der Waals surface area (Å²) in [5, 5.41) is 3.52. The molecule has 0 fully saturated rings. The van der Waals surface area contributed by atoms with Gasteiger partial charge in [-0.1, -0.05) is 68.1 Å². The summed E-state index contributed by atoms with van der Waals surface area (Å²) in [6, 6.07) is 14.5. The molecular formula is C22H31NO2. The number of rotatable bonds is 11. The first-order valence-electron chi connectivity index (χ1n) is 9.29. The van der Waals surface area contributed by atoms with Gasteiger partial charge in [0.1, 0.15) is 6.61 Å². The highest BCUT2D eigenvalue weighted by molar-refractivity contribution is 5.46. The number of aryl methyl sites for hydroxylation is 1. The Labute approximate surface area is 152 Å². The molecule has 0 unspecified atom stereocenters. The van der Waals surface area contributed by atoms with Crippen molar-refractivity contribution < 1.29 is 9.47 Å². The molecule has 2 aromatic carbocycles. The van der Waals surface area contributed by atoms with Crippen molar-refractivity contribution in [3.05, 3.63) is 59.2 Å².